The Bertz CT molecular complexity index is 620. The van der Waals surface area contributed by atoms with Crippen LogP contribution < -0.4 is 15.4 Å². The molecule has 1 heterocycles. The monoisotopic (exact) mass is 347 g/mol. The predicted octanol–water partition coefficient (Wildman–Crippen LogP) is 1.27. The molecule has 0 saturated heterocycles. The summed E-state index contributed by atoms with van der Waals surface area (Å²) < 4.78 is 27.0. The number of hydrogen-bond acceptors (Lipinski definition) is 4. The second-order valence-corrected chi connectivity index (χ2v) is 6.74. The molecule has 2 rings (SSSR count). The third-order valence-electron chi connectivity index (χ3n) is 3.35. The standard InChI is InChI=1S/C14H21N3O3S.ClH/c1-2-15-8-9-16-21(19,20)12-6-7-13-11(10-12)4-3-5-14(18)17-13;/h6-7,10,15-16H,2-5,8-9H2,1H3,(H,17,18);1H. The Morgan fingerprint density at radius 3 is 2.73 bits per heavy atom. The molecule has 8 heteroatoms. The molecule has 6 nitrogen and oxygen atoms in total. The van der Waals surface area contributed by atoms with E-state index >= 15 is 0 Å². The van der Waals surface area contributed by atoms with Gasteiger partial charge in [0, 0.05) is 25.2 Å². The van der Waals surface area contributed by atoms with Crippen molar-refractivity contribution in [3.63, 3.8) is 0 Å². The molecule has 0 spiro atoms. The predicted molar refractivity (Wildman–Crippen MR) is 89.0 cm³/mol. The second-order valence-electron chi connectivity index (χ2n) is 4.97. The summed E-state index contributed by atoms with van der Waals surface area (Å²) in [5.41, 5.74) is 1.58. The van der Waals surface area contributed by atoms with E-state index in [0.717, 1.165) is 18.5 Å². The summed E-state index contributed by atoms with van der Waals surface area (Å²) in [7, 11) is -3.50. The Morgan fingerprint density at radius 1 is 1.23 bits per heavy atom. The quantitative estimate of drug-likeness (QED) is 0.676. The SMILES string of the molecule is CCNCCNS(=O)(=O)c1ccc2c(c1)CCCC(=O)N2.Cl. The van der Waals surface area contributed by atoms with Gasteiger partial charge in [-0.1, -0.05) is 6.92 Å². The number of rotatable bonds is 6. The van der Waals surface area contributed by atoms with E-state index in [1.807, 2.05) is 6.92 Å². The van der Waals surface area contributed by atoms with Crippen molar-refractivity contribution in [2.75, 3.05) is 25.0 Å². The molecular formula is C14H22ClN3O3S. The van der Waals surface area contributed by atoms with Crippen LogP contribution in [0.25, 0.3) is 0 Å². The van der Waals surface area contributed by atoms with Crippen LogP contribution in [0.4, 0.5) is 5.69 Å². The highest BCUT2D eigenvalue weighted by Gasteiger charge is 2.18. The molecule has 1 aliphatic heterocycles. The molecule has 1 aromatic carbocycles. The molecule has 0 aliphatic carbocycles. The fraction of sp³-hybridized carbons (Fsp3) is 0.500. The van der Waals surface area contributed by atoms with E-state index in [0.29, 0.717) is 31.6 Å². The van der Waals surface area contributed by atoms with Gasteiger partial charge in [0.2, 0.25) is 15.9 Å². The highest BCUT2D eigenvalue weighted by molar-refractivity contribution is 7.89. The summed E-state index contributed by atoms with van der Waals surface area (Å²) in [6, 6.07) is 4.84. The molecule has 1 amide bonds. The maximum Gasteiger partial charge on any atom is 0.240 e. The van der Waals surface area contributed by atoms with Crippen LogP contribution in [0.3, 0.4) is 0 Å². The molecule has 1 aliphatic rings. The third kappa shape index (κ3) is 4.95. The first-order valence-electron chi connectivity index (χ1n) is 7.16. The van der Waals surface area contributed by atoms with Crippen molar-refractivity contribution in [2.24, 2.45) is 0 Å². The summed E-state index contributed by atoms with van der Waals surface area (Å²) in [5.74, 6) is -0.0203. The van der Waals surface area contributed by atoms with Gasteiger partial charge in [-0.05, 0) is 43.1 Å². The molecule has 0 saturated carbocycles. The minimum atomic E-state index is -3.50. The third-order valence-corrected chi connectivity index (χ3v) is 4.81. The average Bonchev–Trinajstić information content (AvgIpc) is 2.63. The molecule has 22 heavy (non-hydrogen) atoms. The molecule has 124 valence electrons. The summed E-state index contributed by atoms with van der Waals surface area (Å²) in [5, 5.41) is 5.86. The lowest BCUT2D eigenvalue weighted by atomic mass is 10.1. The van der Waals surface area contributed by atoms with E-state index in [1.165, 1.54) is 6.07 Å². The molecule has 1 aromatic rings. The van der Waals surface area contributed by atoms with Crippen LogP contribution in [-0.4, -0.2) is 34.0 Å². The summed E-state index contributed by atoms with van der Waals surface area (Å²) in [6.07, 6.45) is 1.91. The Balaban J connectivity index is 0.00000242. The molecule has 0 unspecified atom stereocenters. The Labute approximate surface area is 137 Å². The minimum absolute atomic E-state index is 0. The number of carbonyl (C=O) groups excluding carboxylic acids is 1. The number of likely N-dealkylation sites (N-methyl/N-ethyl adjacent to an activating group) is 1. The summed E-state index contributed by atoms with van der Waals surface area (Å²) >= 11 is 0. The van der Waals surface area contributed by atoms with Crippen LogP contribution in [0.2, 0.25) is 0 Å². The molecular weight excluding hydrogens is 326 g/mol. The van der Waals surface area contributed by atoms with Gasteiger partial charge in [0.05, 0.1) is 4.90 Å². The zero-order valence-electron chi connectivity index (χ0n) is 12.5. The van der Waals surface area contributed by atoms with Gasteiger partial charge in [0.1, 0.15) is 0 Å². The van der Waals surface area contributed by atoms with E-state index in [1.54, 1.807) is 12.1 Å². The molecule has 3 N–H and O–H groups in total. The number of anilines is 1. The Hall–Kier alpha value is -1.15. The van der Waals surface area contributed by atoms with Crippen molar-refractivity contribution in [3.05, 3.63) is 23.8 Å². The summed E-state index contributed by atoms with van der Waals surface area (Å²) in [6.45, 7) is 3.72. The lowest BCUT2D eigenvalue weighted by Gasteiger charge is -2.11. The highest BCUT2D eigenvalue weighted by Crippen LogP contribution is 2.24. The van der Waals surface area contributed by atoms with Crippen molar-refractivity contribution in [2.45, 2.75) is 31.1 Å². The van der Waals surface area contributed by atoms with Crippen LogP contribution in [0.1, 0.15) is 25.3 Å². The molecule has 0 fully saturated rings. The number of sulfonamides is 1. The average molecular weight is 348 g/mol. The van der Waals surface area contributed by atoms with E-state index in [2.05, 4.69) is 15.4 Å². The van der Waals surface area contributed by atoms with Gasteiger partial charge in [-0.15, -0.1) is 12.4 Å². The van der Waals surface area contributed by atoms with Crippen LogP contribution in [0.5, 0.6) is 0 Å². The first-order valence-corrected chi connectivity index (χ1v) is 8.64. The zero-order valence-corrected chi connectivity index (χ0v) is 14.1. The van der Waals surface area contributed by atoms with Crippen molar-refractivity contribution >= 4 is 34.0 Å². The first-order chi connectivity index (χ1) is 10.0. The second kappa shape index (κ2) is 8.47. The molecule has 0 bridgehead atoms. The van der Waals surface area contributed by atoms with E-state index in [4.69, 9.17) is 0 Å². The number of halogens is 1. The number of fused-ring (bicyclic) bond motifs is 1. The Morgan fingerprint density at radius 2 is 2.00 bits per heavy atom. The number of aryl methyl sites for hydroxylation is 1. The fourth-order valence-electron chi connectivity index (χ4n) is 2.25. The molecule has 0 radical (unpaired) electrons. The maximum absolute atomic E-state index is 12.2. The van der Waals surface area contributed by atoms with Gasteiger partial charge in [-0.3, -0.25) is 4.79 Å². The van der Waals surface area contributed by atoms with E-state index in [9.17, 15) is 13.2 Å². The fourth-order valence-corrected chi connectivity index (χ4v) is 3.33. The van der Waals surface area contributed by atoms with Gasteiger partial charge >= 0.3 is 0 Å². The first kappa shape index (κ1) is 18.9. The lowest BCUT2D eigenvalue weighted by molar-refractivity contribution is -0.116. The van der Waals surface area contributed by atoms with E-state index in [-0.39, 0.29) is 23.2 Å². The number of benzene rings is 1. The van der Waals surface area contributed by atoms with Crippen molar-refractivity contribution in [1.82, 2.24) is 10.0 Å². The van der Waals surface area contributed by atoms with Crippen LogP contribution >= 0.6 is 12.4 Å². The number of amides is 1. The van der Waals surface area contributed by atoms with Gasteiger partial charge in [-0.25, -0.2) is 13.1 Å². The van der Waals surface area contributed by atoms with Crippen molar-refractivity contribution in [1.29, 1.82) is 0 Å². The lowest BCUT2D eigenvalue weighted by Crippen LogP contribution is -2.31. The minimum Gasteiger partial charge on any atom is -0.326 e. The maximum atomic E-state index is 12.2. The number of hydrogen-bond donors (Lipinski definition) is 3. The van der Waals surface area contributed by atoms with Gasteiger partial charge in [-0.2, -0.15) is 0 Å². The van der Waals surface area contributed by atoms with E-state index < -0.39 is 10.0 Å². The zero-order chi connectivity index (χ0) is 15.3. The van der Waals surface area contributed by atoms with Gasteiger partial charge < -0.3 is 10.6 Å². The van der Waals surface area contributed by atoms with Crippen LogP contribution in [0, 0.1) is 0 Å². The summed E-state index contributed by atoms with van der Waals surface area (Å²) in [4.78, 5) is 11.7. The van der Waals surface area contributed by atoms with Gasteiger partial charge in [0.25, 0.3) is 0 Å². The normalized spacial score (nSPS) is 14.5. The largest absolute Gasteiger partial charge is 0.326 e. The van der Waals surface area contributed by atoms with Crippen LogP contribution in [-0.2, 0) is 21.2 Å². The van der Waals surface area contributed by atoms with Gasteiger partial charge in [0.15, 0.2) is 0 Å². The van der Waals surface area contributed by atoms with Crippen molar-refractivity contribution < 1.29 is 13.2 Å². The topological polar surface area (TPSA) is 87.3 Å². The Kier molecular flexibility index (Phi) is 7.28. The highest BCUT2D eigenvalue weighted by atomic mass is 35.5. The molecule has 0 aromatic heterocycles. The smallest absolute Gasteiger partial charge is 0.240 e. The molecule has 0 atom stereocenters. The number of carbonyl (C=O) groups is 1. The van der Waals surface area contributed by atoms with Crippen molar-refractivity contribution in [3.8, 4) is 0 Å². The van der Waals surface area contributed by atoms with Crippen LogP contribution in [0.15, 0.2) is 23.1 Å². The number of nitrogens with one attached hydrogen (secondary N) is 3.